The van der Waals surface area contributed by atoms with Gasteiger partial charge in [0.25, 0.3) is 0 Å². The molecule has 0 spiro atoms. The number of aliphatic carboxylic acids is 1. The van der Waals surface area contributed by atoms with Crippen LogP contribution in [0.15, 0.2) is 18.2 Å². The van der Waals surface area contributed by atoms with Gasteiger partial charge in [-0.2, -0.15) is 0 Å². The molecule has 0 fully saturated rings. The number of ether oxygens (including phenoxy) is 1. The van der Waals surface area contributed by atoms with E-state index in [1.54, 1.807) is 18.2 Å². The van der Waals surface area contributed by atoms with Gasteiger partial charge in [-0.25, -0.2) is 4.79 Å². The average Bonchev–Trinajstić information content (AvgIpc) is 2.37. The first-order valence-electron chi connectivity index (χ1n) is 5.82. The van der Waals surface area contributed by atoms with Gasteiger partial charge in [-0.1, -0.05) is 0 Å². The van der Waals surface area contributed by atoms with Crippen LogP contribution >= 0.6 is 0 Å². The van der Waals surface area contributed by atoms with E-state index in [-0.39, 0.29) is 18.3 Å². The van der Waals surface area contributed by atoms with Crippen molar-refractivity contribution in [2.45, 2.75) is 12.8 Å². The van der Waals surface area contributed by atoms with Crippen LogP contribution in [0.3, 0.4) is 0 Å². The summed E-state index contributed by atoms with van der Waals surface area (Å²) in [5.41, 5.74) is 2.09. The van der Waals surface area contributed by atoms with Crippen molar-refractivity contribution in [2.75, 3.05) is 18.5 Å². The van der Waals surface area contributed by atoms with Crippen LogP contribution in [0.25, 0.3) is 0 Å². The Labute approximate surface area is 109 Å². The highest BCUT2D eigenvalue weighted by molar-refractivity contribution is 5.99. The number of fused-ring (bicyclic) bond motifs is 1. The second kappa shape index (κ2) is 5.62. The predicted octanol–water partition coefficient (Wildman–Crippen LogP) is 0.855. The molecule has 1 amide bonds. The van der Waals surface area contributed by atoms with E-state index in [4.69, 9.17) is 9.84 Å². The number of carboxylic acids is 1. The Hall–Kier alpha value is -2.21. The standard InChI is InChI=1S/C13H13NO5/c15-11(6-19-7-13(17)18)9-1-3-10-8(5-9)2-4-12(16)14-10/h1,3,5H,2,4,6-7H2,(H,14,16)(H,17,18). The molecule has 0 radical (unpaired) electrons. The minimum Gasteiger partial charge on any atom is -0.480 e. The number of rotatable bonds is 5. The summed E-state index contributed by atoms with van der Waals surface area (Å²) in [6, 6.07) is 4.98. The molecule has 2 rings (SSSR count). The fraction of sp³-hybridized carbons (Fsp3) is 0.308. The second-order valence-electron chi connectivity index (χ2n) is 4.23. The lowest BCUT2D eigenvalue weighted by Crippen LogP contribution is -2.20. The van der Waals surface area contributed by atoms with Gasteiger partial charge in [-0.3, -0.25) is 9.59 Å². The molecule has 6 nitrogen and oxygen atoms in total. The van der Waals surface area contributed by atoms with Crippen LogP contribution in [0.1, 0.15) is 22.3 Å². The van der Waals surface area contributed by atoms with E-state index in [1.165, 1.54) is 0 Å². The summed E-state index contributed by atoms with van der Waals surface area (Å²) in [4.78, 5) is 33.2. The normalized spacial score (nSPS) is 13.6. The van der Waals surface area contributed by atoms with Gasteiger partial charge in [-0.15, -0.1) is 0 Å². The molecule has 0 atom stereocenters. The lowest BCUT2D eigenvalue weighted by atomic mass is 9.99. The van der Waals surface area contributed by atoms with Crippen molar-refractivity contribution in [1.82, 2.24) is 0 Å². The maximum Gasteiger partial charge on any atom is 0.329 e. The minimum absolute atomic E-state index is 0.0311. The van der Waals surface area contributed by atoms with E-state index < -0.39 is 12.6 Å². The molecular formula is C13H13NO5. The van der Waals surface area contributed by atoms with Gasteiger partial charge in [0.1, 0.15) is 13.2 Å². The number of ketones is 1. The summed E-state index contributed by atoms with van der Waals surface area (Å²) in [6.45, 7) is -0.760. The number of hydrogen-bond acceptors (Lipinski definition) is 4. The summed E-state index contributed by atoms with van der Waals surface area (Å²) in [5.74, 6) is -1.42. The molecular weight excluding hydrogens is 250 g/mol. The van der Waals surface area contributed by atoms with Crippen molar-refractivity contribution >= 4 is 23.3 Å². The summed E-state index contributed by atoms with van der Waals surface area (Å²) >= 11 is 0. The maximum atomic E-state index is 11.8. The summed E-state index contributed by atoms with van der Waals surface area (Å²) in [5, 5.41) is 11.1. The van der Waals surface area contributed by atoms with E-state index in [9.17, 15) is 14.4 Å². The summed E-state index contributed by atoms with van der Waals surface area (Å²) < 4.78 is 4.75. The quantitative estimate of drug-likeness (QED) is 0.768. The Morgan fingerprint density at radius 2 is 2.05 bits per heavy atom. The van der Waals surface area contributed by atoms with Crippen LogP contribution < -0.4 is 5.32 Å². The monoisotopic (exact) mass is 263 g/mol. The van der Waals surface area contributed by atoms with E-state index >= 15 is 0 Å². The minimum atomic E-state index is -1.11. The first-order valence-corrected chi connectivity index (χ1v) is 5.82. The van der Waals surface area contributed by atoms with Crippen LogP contribution in [-0.4, -0.2) is 36.0 Å². The third-order valence-corrected chi connectivity index (χ3v) is 2.78. The van der Waals surface area contributed by atoms with Gasteiger partial charge in [0, 0.05) is 17.7 Å². The van der Waals surface area contributed by atoms with Crippen LogP contribution in [0, 0.1) is 0 Å². The van der Waals surface area contributed by atoms with Crippen molar-refractivity contribution in [3.63, 3.8) is 0 Å². The predicted molar refractivity (Wildman–Crippen MR) is 66.2 cm³/mol. The van der Waals surface area contributed by atoms with Gasteiger partial charge >= 0.3 is 5.97 Å². The number of hydrogen-bond donors (Lipinski definition) is 2. The Bertz CT molecular complexity index is 538. The van der Waals surface area contributed by atoms with Crippen molar-refractivity contribution in [2.24, 2.45) is 0 Å². The fourth-order valence-electron chi connectivity index (χ4n) is 1.87. The van der Waals surface area contributed by atoms with Crippen molar-refractivity contribution in [3.05, 3.63) is 29.3 Å². The van der Waals surface area contributed by atoms with E-state index in [0.717, 1.165) is 11.3 Å². The van der Waals surface area contributed by atoms with E-state index in [2.05, 4.69) is 5.32 Å². The molecule has 100 valence electrons. The SMILES string of the molecule is O=C(O)COCC(=O)c1ccc2c(c1)CCC(=O)N2. The van der Waals surface area contributed by atoms with E-state index in [0.29, 0.717) is 18.4 Å². The molecule has 0 aliphatic carbocycles. The average molecular weight is 263 g/mol. The summed E-state index contributed by atoms with van der Waals surface area (Å²) in [7, 11) is 0. The first-order chi connectivity index (χ1) is 9.06. The Morgan fingerprint density at radius 3 is 2.79 bits per heavy atom. The van der Waals surface area contributed by atoms with Crippen LogP contribution in [0.2, 0.25) is 0 Å². The molecule has 19 heavy (non-hydrogen) atoms. The Balaban J connectivity index is 2.03. The van der Waals surface area contributed by atoms with Gasteiger partial charge in [-0.05, 0) is 30.2 Å². The first kappa shape index (κ1) is 13.2. The number of carbonyl (C=O) groups is 3. The lowest BCUT2D eigenvalue weighted by molar-refractivity contribution is -0.141. The van der Waals surface area contributed by atoms with Gasteiger partial charge in [0.05, 0.1) is 0 Å². The number of aryl methyl sites for hydroxylation is 1. The highest BCUT2D eigenvalue weighted by atomic mass is 16.5. The second-order valence-corrected chi connectivity index (χ2v) is 4.23. The molecule has 0 aromatic heterocycles. The number of carbonyl (C=O) groups excluding carboxylic acids is 2. The zero-order chi connectivity index (χ0) is 13.8. The Kier molecular flexibility index (Phi) is 3.91. The number of benzene rings is 1. The Morgan fingerprint density at radius 1 is 1.26 bits per heavy atom. The van der Waals surface area contributed by atoms with Gasteiger partial charge in [0.15, 0.2) is 5.78 Å². The van der Waals surface area contributed by atoms with Crippen LogP contribution in [0.4, 0.5) is 5.69 Å². The lowest BCUT2D eigenvalue weighted by Gasteiger charge is -2.17. The molecule has 1 heterocycles. The highest BCUT2D eigenvalue weighted by Gasteiger charge is 2.16. The molecule has 0 unspecified atom stereocenters. The number of Topliss-reactive ketones (excluding diaryl/α,β-unsaturated/α-hetero) is 1. The largest absolute Gasteiger partial charge is 0.480 e. The molecule has 6 heteroatoms. The third-order valence-electron chi connectivity index (χ3n) is 2.78. The number of nitrogens with one attached hydrogen (secondary N) is 1. The molecule has 0 saturated heterocycles. The molecule has 1 aromatic rings. The zero-order valence-electron chi connectivity index (χ0n) is 10.1. The van der Waals surface area contributed by atoms with Crippen molar-refractivity contribution in [3.8, 4) is 0 Å². The van der Waals surface area contributed by atoms with Crippen molar-refractivity contribution in [1.29, 1.82) is 0 Å². The van der Waals surface area contributed by atoms with Crippen molar-refractivity contribution < 1.29 is 24.2 Å². The summed E-state index contributed by atoms with van der Waals surface area (Å²) in [6.07, 6.45) is 0.998. The highest BCUT2D eigenvalue weighted by Crippen LogP contribution is 2.23. The molecule has 2 N–H and O–H groups in total. The molecule has 0 bridgehead atoms. The topological polar surface area (TPSA) is 92.7 Å². The number of amides is 1. The fourth-order valence-corrected chi connectivity index (χ4v) is 1.87. The molecule has 0 saturated carbocycles. The van der Waals surface area contributed by atoms with Crippen LogP contribution in [0.5, 0.6) is 0 Å². The number of anilines is 1. The van der Waals surface area contributed by atoms with Gasteiger partial charge < -0.3 is 15.2 Å². The zero-order valence-corrected chi connectivity index (χ0v) is 10.1. The maximum absolute atomic E-state index is 11.8. The van der Waals surface area contributed by atoms with E-state index in [1.807, 2.05) is 0 Å². The number of carboxylic acid groups (broad SMARTS) is 1. The third kappa shape index (κ3) is 3.38. The molecule has 1 aliphatic rings. The van der Waals surface area contributed by atoms with Gasteiger partial charge in [0.2, 0.25) is 5.91 Å². The molecule has 1 aromatic carbocycles. The smallest absolute Gasteiger partial charge is 0.329 e. The molecule has 1 aliphatic heterocycles. The van der Waals surface area contributed by atoms with Crippen LogP contribution in [-0.2, 0) is 20.7 Å².